The van der Waals surface area contributed by atoms with Gasteiger partial charge in [-0.15, -0.1) is 0 Å². The fraction of sp³-hybridized carbons (Fsp3) is 0.278. The molecule has 0 aliphatic heterocycles. The Morgan fingerprint density at radius 3 is 2.22 bits per heavy atom. The molecule has 0 unspecified atom stereocenters. The molecule has 0 atom stereocenters. The molecule has 1 aromatic carbocycles. The third-order valence-electron chi connectivity index (χ3n) is 4.93. The van der Waals surface area contributed by atoms with Crippen LogP contribution >= 0.6 is 0 Å². The normalized spacial score (nSPS) is 19.3. The van der Waals surface area contributed by atoms with Crippen molar-refractivity contribution in [2.24, 2.45) is 10.6 Å². The number of nitrogens with two attached hydrogens (primary N) is 1. The first-order chi connectivity index (χ1) is 11.0. The average molecular weight is 326 g/mol. The summed E-state index contributed by atoms with van der Waals surface area (Å²) < 4.78 is 22.8. The summed E-state index contributed by atoms with van der Waals surface area (Å²) in [6.45, 7) is 0. The third-order valence-corrected chi connectivity index (χ3v) is 5.86. The summed E-state index contributed by atoms with van der Waals surface area (Å²) in [5, 5.41) is 5.18. The molecule has 23 heavy (non-hydrogen) atoms. The van der Waals surface area contributed by atoms with E-state index in [2.05, 4.69) is 11.1 Å². The molecule has 1 spiro atoms. The molecule has 1 aromatic heterocycles. The lowest BCUT2D eigenvalue weighted by Gasteiger charge is -2.08. The van der Waals surface area contributed by atoms with Gasteiger partial charge >= 0.3 is 0 Å². The van der Waals surface area contributed by atoms with Gasteiger partial charge in [0.05, 0.1) is 10.6 Å². The summed E-state index contributed by atoms with van der Waals surface area (Å²) in [6.07, 6.45) is 6.47. The van der Waals surface area contributed by atoms with E-state index < -0.39 is 10.0 Å². The number of hydrogen-bond acceptors (Lipinski definition) is 3. The van der Waals surface area contributed by atoms with E-state index in [0.29, 0.717) is 5.41 Å². The summed E-state index contributed by atoms with van der Waals surface area (Å²) >= 11 is 0. The Morgan fingerprint density at radius 2 is 1.65 bits per heavy atom. The first kappa shape index (κ1) is 14.6. The minimum Gasteiger partial charge on any atom is -0.257 e. The molecule has 2 aliphatic carbocycles. The smallest absolute Gasteiger partial charge is 0.238 e. The number of primary sulfonamides is 1. The zero-order valence-electron chi connectivity index (χ0n) is 12.7. The Hall–Kier alpha value is -1.98. The molecule has 118 valence electrons. The van der Waals surface area contributed by atoms with Gasteiger partial charge in [-0.25, -0.2) is 13.6 Å². The first-order valence-corrected chi connectivity index (χ1v) is 9.28. The largest absolute Gasteiger partial charge is 0.257 e. The lowest BCUT2D eigenvalue weighted by Crippen LogP contribution is -2.11. The number of rotatable bonds is 3. The topological polar surface area (TPSA) is 73.1 Å². The predicted octanol–water partition coefficient (Wildman–Crippen LogP) is 3.21. The number of pyridine rings is 1. The van der Waals surface area contributed by atoms with Gasteiger partial charge in [-0.2, -0.15) is 0 Å². The van der Waals surface area contributed by atoms with Crippen LogP contribution in [0.4, 0.5) is 0 Å². The lowest BCUT2D eigenvalue weighted by atomic mass is 9.99. The molecule has 0 radical (unpaired) electrons. The van der Waals surface area contributed by atoms with Crippen molar-refractivity contribution < 1.29 is 8.42 Å². The summed E-state index contributed by atoms with van der Waals surface area (Å²) in [5.74, 6) is 0. The number of aromatic nitrogens is 1. The minimum absolute atomic E-state index is 0.153. The van der Waals surface area contributed by atoms with Crippen LogP contribution < -0.4 is 5.14 Å². The maximum atomic E-state index is 11.4. The molecule has 4 nitrogen and oxygen atoms in total. The molecule has 0 amide bonds. The maximum Gasteiger partial charge on any atom is 0.238 e. The molecule has 1 heterocycles. The van der Waals surface area contributed by atoms with Gasteiger partial charge in [0.1, 0.15) is 0 Å². The van der Waals surface area contributed by atoms with Gasteiger partial charge in [0.2, 0.25) is 10.0 Å². The highest BCUT2D eigenvalue weighted by Crippen LogP contribution is 2.63. The number of nitrogens with zero attached hydrogens (tertiary/aromatic N) is 1. The van der Waals surface area contributed by atoms with Gasteiger partial charge in [0.25, 0.3) is 0 Å². The fourth-order valence-corrected chi connectivity index (χ4v) is 3.98. The second-order valence-electron chi connectivity index (χ2n) is 6.60. The predicted molar refractivity (Wildman–Crippen MR) is 89.8 cm³/mol. The number of allylic oxidation sites excluding steroid dienone is 2. The summed E-state index contributed by atoms with van der Waals surface area (Å²) in [4.78, 5) is 4.67. The monoisotopic (exact) mass is 326 g/mol. The van der Waals surface area contributed by atoms with Crippen molar-refractivity contribution in [1.82, 2.24) is 4.98 Å². The first-order valence-electron chi connectivity index (χ1n) is 7.74. The van der Waals surface area contributed by atoms with Crippen LogP contribution in [-0.4, -0.2) is 13.4 Å². The van der Waals surface area contributed by atoms with Crippen LogP contribution in [0.5, 0.6) is 0 Å². The van der Waals surface area contributed by atoms with E-state index in [4.69, 9.17) is 5.14 Å². The van der Waals surface area contributed by atoms with Crippen molar-refractivity contribution >= 4 is 21.2 Å². The van der Waals surface area contributed by atoms with Crippen LogP contribution in [0.1, 0.15) is 36.9 Å². The van der Waals surface area contributed by atoms with Gasteiger partial charge in [0, 0.05) is 6.20 Å². The van der Waals surface area contributed by atoms with E-state index in [1.807, 2.05) is 30.5 Å². The van der Waals surface area contributed by atoms with Gasteiger partial charge in [-0.1, -0.05) is 18.2 Å². The highest BCUT2D eigenvalue weighted by molar-refractivity contribution is 7.89. The summed E-state index contributed by atoms with van der Waals surface area (Å²) in [5.41, 5.74) is 5.11. The number of benzene rings is 1. The van der Waals surface area contributed by atoms with E-state index in [1.165, 1.54) is 24.0 Å². The molecular formula is C18H18N2O2S. The molecule has 0 bridgehead atoms. The molecule has 0 saturated heterocycles. The fourth-order valence-electron chi connectivity index (χ4n) is 3.46. The van der Waals surface area contributed by atoms with Gasteiger partial charge in [-0.3, -0.25) is 4.98 Å². The van der Waals surface area contributed by atoms with Crippen LogP contribution in [0, 0.1) is 5.41 Å². The molecule has 2 N–H and O–H groups in total. The van der Waals surface area contributed by atoms with Crippen LogP contribution in [0.15, 0.2) is 53.6 Å². The van der Waals surface area contributed by atoms with Crippen molar-refractivity contribution in [2.45, 2.75) is 30.6 Å². The molecule has 5 heteroatoms. The van der Waals surface area contributed by atoms with Crippen LogP contribution in [0.25, 0.3) is 11.1 Å². The molecule has 1 saturated carbocycles. The van der Waals surface area contributed by atoms with Crippen LogP contribution in [0.3, 0.4) is 0 Å². The van der Waals surface area contributed by atoms with E-state index in [0.717, 1.165) is 24.1 Å². The van der Waals surface area contributed by atoms with Gasteiger partial charge in [0.15, 0.2) is 0 Å². The molecule has 1 fully saturated rings. The van der Waals surface area contributed by atoms with Crippen molar-refractivity contribution in [3.63, 3.8) is 0 Å². The Labute approximate surface area is 136 Å². The Kier molecular flexibility index (Phi) is 3.18. The molecule has 4 rings (SSSR count). The second kappa shape index (κ2) is 5.01. The van der Waals surface area contributed by atoms with Crippen LogP contribution in [-0.2, 0) is 10.0 Å². The third kappa shape index (κ3) is 2.71. The molecule has 2 aliphatic rings. The Morgan fingerprint density at radius 1 is 0.957 bits per heavy atom. The van der Waals surface area contributed by atoms with E-state index >= 15 is 0 Å². The van der Waals surface area contributed by atoms with Gasteiger partial charge in [-0.05, 0) is 72.1 Å². The zero-order chi connectivity index (χ0) is 16.1. The minimum atomic E-state index is -3.65. The summed E-state index contributed by atoms with van der Waals surface area (Å²) in [7, 11) is -3.65. The standard InChI is InChI=1S/C18H18N2O2S/c19-23(21,22)14-6-4-13(5-7-14)15-11-18(8-9-18)12-16(15)17-3-1-2-10-20-17/h1-7,10H,8-9,11-12H2,(H2,19,21,22). The average Bonchev–Trinajstić information content (AvgIpc) is 3.18. The van der Waals surface area contributed by atoms with E-state index in [-0.39, 0.29) is 4.90 Å². The molecular weight excluding hydrogens is 308 g/mol. The van der Waals surface area contributed by atoms with Gasteiger partial charge < -0.3 is 0 Å². The molecule has 2 aromatic rings. The summed E-state index contributed by atoms with van der Waals surface area (Å²) in [6, 6.07) is 12.9. The van der Waals surface area contributed by atoms with Crippen molar-refractivity contribution in [3.8, 4) is 0 Å². The van der Waals surface area contributed by atoms with E-state index in [9.17, 15) is 8.42 Å². The lowest BCUT2D eigenvalue weighted by molar-refractivity contribution is 0.568. The Balaban J connectivity index is 1.78. The zero-order valence-corrected chi connectivity index (χ0v) is 13.5. The van der Waals surface area contributed by atoms with Crippen molar-refractivity contribution in [3.05, 3.63) is 59.9 Å². The quantitative estimate of drug-likeness (QED) is 0.941. The van der Waals surface area contributed by atoms with E-state index in [1.54, 1.807) is 12.1 Å². The van der Waals surface area contributed by atoms with Crippen LogP contribution in [0.2, 0.25) is 0 Å². The van der Waals surface area contributed by atoms with Crippen molar-refractivity contribution in [2.75, 3.05) is 0 Å². The highest BCUT2D eigenvalue weighted by atomic mass is 32.2. The Bertz CT molecular complexity index is 880. The highest BCUT2D eigenvalue weighted by Gasteiger charge is 2.48. The van der Waals surface area contributed by atoms with Crippen molar-refractivity contribution in [1.29, 1.82) is 0 Å². The second-order valence-corrected chi connectivity index (χ2v) is 8.16. The number of hydrogen-bond donors (Lipinski definition) is 1. The number of sulfonamides is 1. The SMILES string of the molecule is NS(=O)(=O)c1ccc(C2=C(c3ccccn3)CC3(CC3)C2)cc1. The maximum absolute atomic E-state index is 11.4.